The van der Waals surface area contributed by atoms with Gasteiger partial charge in [-0.25, -0.2) is 0 Å². The maximum absolute atomic E-state index is 12.0. The van der Waals surface area contributed by atoms with Crippen LogP contribution in [-0.4, -0.2) is 30.9 Å². The van der Waals surface area contributed by atoms with Crippen molar-refractivity contribution in [2.45, 2.75) is 12.0 Å². The molecule has 1 fully saturated rings. The van der Waals surface area contributed by atoms with Crippen molar-refractivity contribution in [2.24, 2.45) is 0 Å². The number of nitrogens with zero attached hydrogens (tertiary/aromatic N) is 1. The molecule has 1 aliphatic heterocycles. The molecule has 3 heteroatoms. The van der Waals surface area contributed by atoms with Gasteiger partial charge in [0.05, 0.1) is 6.54 Å². The molecule has 0 aromatic heterocycles. The number of carbonyl (C=O) groups is 1. The van der Waals surface area contributed by atoms with Gasteiger partial charge in [0.2, 0.25) is 5.91 Å². The van der Waals surface area contributed by atoms with Crippen LogP contribution in [0, 0.1) is 0 Å². The highest BCUT2D eigenvalue weighted by Crippen LogP contribution is 2.32. The molecule has 1 aliphatic rings. The van der Waals surface area contributed by atoms with Crippen LogP contribution in [0.3, 0.4) is 0 Å². The molecule has 0 bridgehead atoms. The molecular formula is C18H20N2O. The summed E-state index contributed by atoms with van der Waals surface area (Å²) in [6.07, 6.45) is 0. The number of amides is 1. The third-order valence-electron chi connectivity index (χ3n) is 4.16. The van der Waals surface area contributed by atoms with E-state index in [2.05, 4.69) is 53.8 Å². The zero-order valence-corrected chi connectivity index (χ0v) is 12.2. The molecule has 1 heterocycles. The SMILES string of the molecule is CN1C[C@@H](c2ccccc2)[C@H](c2ccccc2)NCC1=O. The summed E-state index contributed by atoms with van der Waals surface area (Å²) in [5.74, 6) is 0.402. The highest BCUT2D eigenvalue weighted by atomic mass is 16.2. The number of hydrogen-bond donors (Lipinski definition) is 1. The van der Waals surface area contributed by atoms with Gasteiger partial charge in [0.15, 0.2) is 0 Å². The number of likely N-dealkylation sites (N-methyl/N-ethyl adjacent to an activating group) is 1. The van der Waals surface area contributed by atoms with E-state index in [4.69, 9.17) is 0 Å². The molecule has 1 N–H and O–H groups in total. The van der Waals surface area contributed by atoms with E-state index in [1.807, 2.05) is 24.1 Å². The molecule has 2 atom stereocenters. The summed E-state index contributed by atoms with van der Waals surface area (Å²) in [6.45, 7) is 1.12. The lowest BCUT2D eigenvalue weighted by molar-refractivity contribution is -0.128. The molecule has 0 saturated carbocycles. The van der Waals surface area contributed by atoms with Crippen molar-refractivity contribution in [3.63, 3.8) is 0 Å². The van der Waals surface area contributed by atoms with Crippen molar-refractivity contribution in [3.8, 4) is 0 Å². The molecule has 2 aromatic carbocycles. The number of carbonyl (C=O) groups excluding carboxylic acids is 1. The number of benzene rings is 2. The zero-order valence-electron chi connectivity index (χ0n) is 12.2. The smallest absolute Gasteiger partial charge is 0.236 e. The highest BCUT2D eigenvalue weighted by Gasteiger charge is 2.30. The van der Waals surface area contributed by atoms with E-state index in [-0.39, 0.29) is 17.9 Å². The average Bonchev–Trinajstić information content (AvgIpc) is 2.69. The lowest BCUT2D eigenvalue weighted by Gasteiger charge is -2.28. The van der Waals surface area contributed by atoms with E-state index in [1.54, 1.807) is 0 Å². The average molecular weight is 280 g/mol. The van der Waals surface area contributed by atoms with Gasteiger partial charge in [-0.2, -0.15) is 0 Å². The Kier molecular flexibility index (Phi) is 4.02. The van der Waals surface area contributed by atoms with E-state index in [9.17, 15) is 4.79 Å². The summed E-state index contributed by atoms with van der Waals surface area (Å²) >= 11 is 0. The maximum Gasteiger partial charge on any atom is 0.236 e. The third kappa shape index (κ3) is 2.98. The van der Waals surface area contributed by atoms with Crippen molar-refractivity contribution >= 4 is 5.91 Å². The normalized spacial score (nSPS) is 22.9. The van der Waals surface area contributed by atoms with Gasteiger partial charge in [-0.15, -0.1) is 0 Å². The van der Waals surface area contributed by atoms with Gasteiger partial charge in [0, 0.05) is 25.6 Å². The van der Waals surface area contributed by atoms with Gasteiger partial charge >= 0.3 is 0 Å². The Morgan fingerprint density at radius 1 is 0.952 bits per heavy atom. The second-order valence-electron chi connectivity index (χ2n) is 5.56. The minimum Gasteiger partial charge on any atom is -0.344 e. The molecule has 3 rings (SSSR count). The van der Waals surface area contributed by atoms with Crippen LogP contribution in [-0.2, 0) is 4.79 Å². The molecule has 3 nitrogen and oxygen atoms in total. The van der Waals surface area contributed by atoms with Crippen molar-refractivity contribution < 1.29 is 4.79 Å². The predicted octanol–water partition coefficient (Wildman–Crippen LogP) is 2.57. The Bertz CT molecular complexity index is 597. The summed E-state index contributed by atoms with van der Waals surface area (Å²) in [6, 6.07) is 21.0. The molecule has 0 aliphatic carbocycles. The summed E-state index contributed by atoms with van der Waals surface area (Å²) in [5, 5.41) is 3.44. The Morgan fingerprint density at radius 2 is 1.52 bits per heavy atom. The van der Waals surface area contributed by atoms with Crippen LogP contribution in [0.15, 0.2) is 60.7 Å². The van der Waals surface area contributed by atoms with E-state index < -0.39 is 0 Å². The van der Waals surface area contributed by atoms with Gasteiger partial charge in [-0.3, -0.25) is 4.79 Å². The number of hydrogen-bond acceptors (Lipinski definition) is 2. The van der Waals surface area contributed by atoms with Crippen LogP contribution in [0.5, 0.6) is 0 Å². The Hall–Kier alpha value is -2.13. The van der Waals surface area contributed by atoms with Crippen LogP contribution < -0.4 is 5.32 Å². The quantitative estimate of drug-likeness (QED) is 0.917. The zero-order chi connectivity index (χ0) is 14.7. The molecule has 0 spiro atoms. The van der Waals surface area contributed by atoms with Gasteiger partial charge in [-0.05, 0) is 11.1 Å². The Morgan fingerprint density at radius 3 is 2.14 bits per heavy atom. The van der Waals surface area contributed by atoms with Crippen LogP contribution in [0.2, 0.25) is 0 Å². The summed E-state index contributed by atoms with van der Waals surface area (Å²) in [5.41, 5.74) is 2.50. The molecule has 0 unspecified atom stereocenters. The maximum atomic E-state index is 12.0. The first kappa shape index (κ1) is 13.8. The molecule has 2 aromatic rings. The van der Waals surface area contributed by atoms with Gasteiger partial charge in [-0.1, -0.05) is 60.7 Å². The molecule has 1 amide bonds. The minimum absolute atomic E-state index is 0.148. The Labute approximate surface area is 125 Å². The van der Waals surface area contributed by atoms with Crippen LogP contribution in [0.1, 0.15) is 23.1 Å². The lowest BCUT2D eigenvalue weighted by atomic mass is 9.87. The molecule has 21 heavy (non-hydrogen) atoms. The second kappa shape index (κ2) is 6.10. The topological polar surface area (TPSA) is 32.3 Å². The van der Waals surface area contributed by atoms with Crippen LogP contribution in [0.4, 0.5) is 0 Å². The first-order chi connectivity index (χ1) is 10.3. The van der Waals surface area contributed by atoms with E-state index >= 15 is 0 Å². The summed E-state index contributed by atoms with van der Waals surface area (Å²) < 4.78 is 0. The van der Waals surface area contributed by atoms with Gasteiger partial charge < -0.3 is 10.2 Å². The second-order valence-corrected chi connectivity index (χ2v) is 5.56. The largest absolute Gasteiger partial charge is 0.344 e. The van der Waals surface area contributed by atoms with E-state index in [0.717, 1.165) is 6.54 Å². The molecular weight excluding hydrogens is 260 g/mol. The van der Waals surface area contributed by atoms with Gasteiger partial charge in [0.1, 0.15) is 0 Å². The first-order valence-electron chi connectivity index (χ1n) is 7.33. The predicted molar refractivity (Wildman–Crippen MR) is 84.0 cm³/mol. The fraction of sp³-hybridized carbons (Fsp3) is 0.278. The Balaban J connectivity index is 1.99. The summed E-state index contributed by atoms with van der Waals surface area (Å²) in [7, 11) is 1.88. The standard InChI is InChI=1S/C18H20N2O/c1-20-13-16(14-8-4-2-5-9-14)18(19-12-17(20)21)15-10-6-3-7-11-15/h2-11,16,18-19H,12-13H2,1H3/t16-,18-/m0/s1. The molecule has 108 valence electrons. The molecule has 0 radical (unpaired) electrons. The van der Waals surface area contributed by atoms with E-state index in [1.165, 1.54) is 11.1 Å². The third-order valence-corrected chi connectivity index (χ3v) is 4.16. The summed E-state index contributed by atoms with van der Waals surface area (Å²) in [4.78, 5) is 13.9. The number of rotatable bonds is 2. The fourth-order valence-corrected chi connectivity index (χ4v) is 2.99. The number of nitrogens with one attached hydrogen (secondary N) is 1. The van der Waals surface area contributed by atoms with Crippen molar-refractivity contribution in [3.05, 3.63) is 71.8 Å². The van der Waals surface area contributed by atoms with Crippen molar-refractivity contribution in [2.75, 3.05) is 20.1 Å². The first-order valence-corrected chi connectivity index (χ1v) is 7.33. The van der Waals surface area contributed by atoms with Crippen molar-refractivity contribution in [1.29, 1.82) is 0 Å². The fourth-order valence-electron chi connectivity index (χ4n) is 2.99. The van der Waals surface area contributed by atoms with E-state index in [0.29, 0.717) is 6.54 Å². The minimum atomic E-state index is 0.148. The molecule has 1 saturated heterocycles. The van der Waals surface area contributed by atoms with Crippen LogP contribution in [0.25, 0.3) is 0 Å². The van der Waals surface area contributed by atoms with Crippen molar-refractivity contribution in [1.82, 2.24) is 10.2 Å². The van der Waals surface area contributed by atoms with Gasteiger partial charge in [0.25, 0.3) is 0 Å². The monoisotopic (exact) mass is 280 g/mol. The highest BCUT2D eigenvalue weighted by molar-refractivity contribution is 5.78. The lowest BCUT2D eigenvalue weighted by Crippen LogP contribution is -2.31. The van der Waals surface area contributed by atoms with Crippen LogP contribution >= 0.6 is 0 Å².